The number of benzene rings is 2. The van der Waals surface area contributed by atoms with Crippen molar-refractivity contribution >= 4 is 64.0 Å². The summed E-state index contributed by atoms with van der Waals surface area (Å²) in [4.78, 5) is 66.1. The molecule has 1 unspecified atom stereocenters. The molecule has 17 nitrogen and oxygen atoms in total. The Balaban J connectivity index is 1.02. The second-order valence-electron chi connectivity index (χ2n) is 18.4. The number of alkyl halides is 3. The zero-order chi connectivity index (χ0) is 53.7. The molecule has 1 aliphatic rings. The number of aldehydes is 1. The summed E-state index contributed by atoms with van der Waals surface area (Å²) >= 11 is 7.18. The molecule has 0 radical (unpaired) electrons. The van der Waals surface area contributed by atoms with Gasteiger partial charge in [-0.1, -0.05) is 45.0 Å². The average molecular weight is 1060 g/mol. The van der Waals surface area contributed by atoms with Crippen molar-refractivity contribution in [2.75, 3.05) is 76.8 Å². The molecular formula is C50H60F4N8O9S2. The van der Waals surface area contributed by atoms with Crippen molar-refractivity contribution in [1.29, 1.82) is 5.26 Å². The van der Waals surface area contributed by atoms with E-state index in [0.717, 1.165) is 38.7 Å². The van der Waals surface area contributed by atoms with Crippen LogP contribution >= 0.6 is 23.6 Å². The highest BCUT2D eigenvalue weighted by Gasteiger charge is 2.43. The van der Waals surface area contributed by atoms with E-state index >= 15 is 4.39 Å². The number of likely N-dealkylation sites (tertiary alicyclic amines) is 1. The minimum absolute atomic E-state index is 0.0473. The van der Waals surface area contributed by atoms with Crippen molar-refractivity contribution < 1.29 is 60.4 Å². The number of aromatic nitrogens is 2. The second-order valence-corrected chi connectivity index (χ2v) is 19.6. The number of thiazole rings is 1. The predicted molar refractivity (Wildman–Crippen MR) is 269 cm³/mol. The normalized spacial score (nSPS) is 14.2. The van der Waals surface area contributed by atoms with Gasteiger partial charge in [-0.3, -0.25) is 14.4 Å². The molecule has 3 amide bonds. The molecule has 1 aliphatic heterocycles. The third-order valence-electron chi connectivity index (χ3n) is 11.6. The van der Waals surface area contributed by atoms with E-state index in [1.165, 1.54) is 51.1 Å². The number of amides is 3. The van der Waals surface area contributed by atoms with Gasteiger partial charge in [-0.25, -0.2) is 9.37 Å². The van der Waals surface area contributed by atoms with Gasteiger partial charge in [0, 0.05) is 26.2 Å². The van der Waals surface area contributed by atoms with Gasteiger partial charge in [0.05, 0.1) is 79.1 Å². The summed E-state index contributed by atoms with van der Waals surface area (Å²) in [6.45, 7) is 11.6. The Hall–Kier alpha value is -6.32. The number of carbonyl (C=O) groups is 4. The molecule has 394 valence electrons. The summed E-state index contributed by atoms with van der Waals surface area (Å²) in [5, 5.41) is 14.7. The fraction of sp³-hybridized carbons (Fsp3) is 0.480. The number of halogens is 4. The van der Waals surface area contributed by atoms with Gasteiger partial charge >= 0.3 is 6.18 Å². The summed E-state index contributed by atoms with van der Waals surface area (Å²) in [5.41, 5.74) is -0.506. The quantitative estimate of drug-likeness (QED) is 0.0332. The highest BCUT2D eigenvalue weighted by molar-refractivity contribution is 7.80. The number of hydrogen-bond acceptors (Lipinski definition) is 14. The topological polar surface area (TPSA) is 198 Å². The van der Waals surface area contributed by atoms with E-state index in [0.29, 0.717) is 32.2 Å². The van der Waals surface area contributed by atoms with Crippen LogP contribution in [0.2, 0.25) is 0 Å². The Morgan fingerprint density at radius 2 is 1.62 bits per heavy atom. The summed E-state index contributed by atoms with van der Waals surface area (Å²) in [5.74, 6) is -2.78. The number of methoxy groups -OCH3 is 1. The molecule has 5 rings (SSSR count). The maximum atomic E-state index is 15.4. The van der Waals surface area contributed by atoms with Crippen LogP contribution < -0.4 is 29.9 Å². The number of pyridine rings is 1. The minimum atomic E-state index is -5.18. The Kier molecular flexibility index (Phi) is 20.2. The molecule has 2 N–H and O–H groups in total. The molecule has 2 aromatic heterocycles. The molecule has 3 heterocycles. The van der Waals surface area contributed by atoms with Crippen LogP contribution in [0.3, 0.4) is 0 Å². The van der Waals surface area contributed by atoms with Gasteiger partial charge in [0.15, 0.2) is 10.9 Å². The van der Waals surface area contributed by atoms with Crippen molar-refractivity contribution in [2.24, 2.45) is 5.41 Å². The molecule has 0 aliphatic carbocycles. The standard InChI is InChI=1S/C50H60F4N8O9S2/c1-31-42(73-30-57-31)33-13-11-32(12-14-33)27-56-44(65)36-10-9-19-61(36)46(66)43(48(2,3)4)58-38(64)28-70-23-22-68-20-21-69-24-25-71-39-18-17-37(45(59-39)67-8)62(49(5,6)29-63)47(72)60(7)35-16-15-34(26-55)40(41(35)51)50(52,53)54/h11-18,29-30,36,43H,9-10,19-25,27-28H2,1-8H3,(H,56,65)(H,58,64)/t36-,43?/m0/s1. The Labute approximate surface area is 431 Å². The van der Waals surface area contributed by atoms with Crippen LogP contribution in [0.25, 0.3) is 10.4 Å². The molecule has 2 atom stereocenters. The molecule has 1 saturated heterocycles. The first kappa shape index (κ1) is 57.6. The van der Waals surface area contributed by atoms with Gasteiger partial charge in [0.1, 0.15) is 42.8 Å². The highest BCUT2D eigenvalue weighted by Crippen LogP contribution is 2.40. The van der Waals surface area contributed by atoms with Crippen molar-refractivity contribution in [2.45, 2.75) is 84.7 Å². The highest BCUT2D eigenvalue weighted by atomic mass is 32.1. The van der Waals surface area contributed by atoms with E-state index in [-0.39, 0.29) is 80.6 Å². The maximum absolute atomic E-state index is 15.4. The SMILES string of the molecule is COc1nc(OCCOCCOCCOCC(=O)NC(C(=O)N2CCC[C@H]2C(=O)NCc2ccc(-c3scnc3C)cc2)C(C)(C)C)ccc1N(C(=S)N(C)c1ccc(C#N)c(C(F)(F)F)c1F)C(C)(C)C=O. The largest absolute Gasteiger partial charge is 0.479 e. The van der Waals surface area contributed by atoms with Crippen LogP contribution in [0.4, 0.5) is 28.9 Å². The van der Waals surface area contributed by atoms with Gasteiger partial charge in [-0.2, -0.15) is 23.4 Å². The summed E-state index contributed by atoms with van der Waals surface area (Å²) in [6, 6.07) is 12.4. The fourth-order valence-electron chi connectivity index (χ4n) is 7.77. The molecule has 73 heavy (non-hydrogen) atoms. The maximum Gasteiger partial charge on any atom is 0.420 e. The number of ether oxygens (including phenoxy) is 5. The van der Waals surface area contributed by atoms with Crippen molar-refractivity contribution in [1.82, 2.24) is 25.5 Å². The number of aryl methyl sites for hydroxylation is 1. The molecule has 0 bridgehead atoms. The number of anilines is 2. The first-order chi connectivity index (χ1) is 34.5. The predicted octanol–water partition coefficient (Wildman–Crippen LogP) is 7.02. The van der Waals surface area contributed by atoms with Crippen LogP contribution in [0.5, 0.6) is 11.8 Å². The first-order valence-corrected chi connectivity index (χ1v) is 24.4. The van der Waals surface area contributed by atoms with E-state index in [4.69, 9.17) is 35.9 Å². The first-order valence-electron chi connectivity index (χ1n) is 23.2. The number of nitrogens with zero attached hydrogens (tertiary/aromatic N) is 6. The van der Waals surface area contributed by atoms with Crippen LogP contribution in [0.1, 0.15) is 69.8 Å². The second kappa shape index (κ2) is 25.6. The van der Waals surface area contributed by atoms with Crippen molar-refractivity contribution in [3.05, 3.63) is 82.2 Å². The Morgan fingerprint density at radius 1 is 0.973 bits per heavy atom. The number of hydrogen-bond donors (Lipinski definition) is 2. The van der Waals surface area contributed by atoms with E-state index in [9.17, 15) is 37.6 Å². The van der Waals surface area contributed by atoms with Crippen LogP contribution in [-0.2, 0) is 46.1 Å². The van der Waals surface area contributed by atoms with Gasteiger partial charge in [-0.15, -0.1) is 11.3 Å². The van der Waals surface area contributed by atoms with Gasteiger partial charge < -0.3 is 53.8 Å². The average Bonchev–Trinajstić information content (AvgIpc) is 4.03. The summed E-state index contributed by atoms with van der Waals surface area (Å²) in [7, 11) is 2.51. The lowest BCUT2D eigenvalue weighted by molar-refractivity contribution is -0.144. The third kappa shape index (κ3) is 14.9. The van der Waals surface area contributed by atoms with E-state index in [2.05, 4.69) is 20.6 Å². The van der Waals surface area contributed by atoms with Crippen LogP contribution in [-0.4, -0.2) is 129 Å². The number of rotatable bonds is 23. The zero-order valence-corrected chi connectivity index (χ0v) is 43.5. The monoisotopic (exact) mass is 1060 g/mol. The molecular weight excluding hydrogens is 997 g/mol. The van der Waals surface area contributed by atoms with E-state index in [1.54, 1.807) is 16.2 Å². The molecule has 2 aromatic carbocycles. The van der Waals surface area contributed by atoms with Gasteiger partial charge in [0.25, 0.3) is 0 Å². The van der Waals surface area contributed by atoms with Crippen molar-refractivity contribution in [3.8, 4) is 28.3 Å². The third-order valence-corrected chi connectivity index (χ3v) is 13.1. The lowest BCUT2D eigenvalue weighted by Crippen LogP contribution is -2.58. The molecule has 4 aromatic rings. The summed E-state index contributed by atoms with van der Waals surface area (Å²) < 4.78 is 84.6. The van der Waals surface area contributed by atoms with Crippen molar-refractivity contribution in [3.63, 3.8) is 0 Å². The van der Waals surface area contributed by atoms with E-state index in [1.807, 2.05) is 57.5 Å². The zero-order valence-electron chi connectivity index (χ0n) is 41.9. The van der Waals surface area contributed by atoms with Crippen LogP contribution in [0.15, 0.2) is 54.0 Å². The van der Waals surface area contributed by atoms with Gasteiger partial charge in [-0.05, 0) is 80.6 Å². The molecule has 0 saturated carbocycles. The Bertz CT molecular complexity index is 2620. The lowest BCUT2D eigenvalue weighted by Gasteiger charge is -2.40. The number of thiocarbonyl (C=S) groups is 1. The molecule has 1 fully saturated rings. The lowest BCUT2D eigenvalue weighted by atomic mass is 9.85. The van der Waals surface area contributed by atoms with Gasteiger partial charge in [0.2, 0.25) is 29.5 Å². The smallest absolute Gasteiger partial charge is 0.420 e. The minimum Gasteiger partial charge on any atom is -0.479 e. The fourth-order valence-corrected chi connectivity index (χ4v) is 9.01. The van der Waals surface area contributed by atoms with Crippen LogP contribution in [0, 0.1) is 29.5 Å². The summed E-state index contributed by atoms with van der Waals surface area (Å²) in [6.07, 6.45) is -3.47. The number of nitriles is 1. The van der Waals surface area contributed by atoms with E-state index < -0.39 is 57.8 Å². The number of carbonyl (C=O) groups excluding carboxylic acids is 4. The molecule has 23 heteroatoms. The number of nitrogens with one attached hydrogen (secondary N) is 2. The molecule has 0 spiro atoms. The Morgan fingerprint density at radius 3 is 2.21 bits per heavy atom.